The van der Waals surface area contributed by atoms with Crippen LogP contribution in [-0.4, -0.2) is 45.2 Å². The predicted octanol–water partition coefficient (Wildman–Crippen LogP) is 0.454. The molecular formula is C9H13N3O3. The van der Waals surface area contributed by atoms with E-state index in [2.05, 4.69) is 5.10 Å². The number of carboxylic acid groups (broad SMARTS) is 1. The number of hydrogen-bond donors (Lipinski definition) is 1. The third-order valence-electron chi connectivity index (χ3n) is 2.45. The molecule has 0 bridgehead atoms. The van der Waals surface area contributed by atoms with E-state index in [0.717, 1.165) is 0 Å². The molecule has 1 fully saturated rings. The lowest BCUT2D eigenvalue weighted by molar-refractivity contribution is -0.0167. The molecule has 1 aromatic rings. The molecule has 1 aromatic heterocycles. The van der Waals surface area contributed by atoms with Gasteiger partial charge in [0.05, 0.1) is 12.4 Å². The van der Waals surface area contributed by atoms with Gasteiger partial charge in [-0.15, -0.1) is 9.94 Å². The highest BCUT2D eigenvalue weighted by Gasteiger charge is 2.23. The molecule has 1 aliphatic rings. The van der Waals surface area contributed by atoms with E-state index in [9.17, 15) is 4.79 Å². The van der Waals surface area contributed by atoms with Crippen molar-refractivity contribution in [2.45, 2.75) is 18.9 Å². The first-order chi connectivity index (χ1) is 7.25. The molecule has 0 radical (unpaired) electrons. The maximum atomic E-state index is 10.6. The van der Waals surface area contributed by atoms with Crippen LogP contribution in [0.4, 0.5) is 4.79 Å². The summed E-state index contributed by atoms with van der Waals surface area (Å²) in [6, 6.07) is 1.78. The molecule has 0 saturated carbocycles. The van der Waals surface area contributed by atoms with Crippen LogP contribution < -0.4 is 4.84 Å². The molecule has 2 heterocycles. The van der Waals surface area contributed by atoms with Crippen LogP contribution in [0.3, 0.4) is 0 Å². The molecule has 6 nitrogen and oxygen atoms in total. The van der Waals surface area contributed by atoms with E-state index in [1.165, 1.54) is 9.75 Å². The van der Waals surface area contributed by atoms with Gasteiger partial charge in [-0.3, -0.25) is 0 Å². The predicted molar refractivity (Wildman–Crippen MR) is 51.4 cm³/mol. The van der Waals surface area contributed by atoms with Crippen molar-refractivity contribution in [1.82, 2.24) is 14.8 Å². The minimum absolute atomic E-state index is 0.0560. The molecule has 0 aromatic carbocycles. The van der Waals surface area contributed by atoms with E-state index in [-0.39, 0.29) is 6.10 Å². The van der Waals surface area contributed by atoms with Gasteiger partial charge in [0.15, 0.2) is 0 Å². The topological polar surface area (TPSA) is 67.6 Å². The SMILES string of the molecule is O=C(O)N1CCC(On2cccn2)CC1. The van der Waals surface area contributed by atoms with Gasteiger partial charge in [0, 0.05) is 25.9 Å². The lowest BCUT2D eigenvalue weighted by atomic mass is 10.1. The van der Waals surface area contributed by atoms with E-state index in [4.69, 9.17) is 9.94 Å². The molecule has 1 N–H and O–H groups in total. The molecule has 15 heavy (non-hydrogen) atoms. The number of nitrogens with zero attached hydrogens (tertiary/aromatic N) is 3. The Morgan fingerprint density at radius 1 is 1.47 bits per heavy atom. The second-order valence-corrected chi connectivity index (χ2v) is 3.48. The molecule has 0 unspecified atom stereocenters. The molecule has 1 amide bonds. The minimum Gasteiger partial charge on any atom is -0.465 e. The summed E-state index contributed by atoms with van der Waals surface area (Å²) in [5, 5.41) is 12.7. The Bertz CT molecular complexity index is 317. The number of rotatable bonds is 2. The van der Waals surface area contributed by atoms with Crippen molar-refractivity contribution in [3.05, 3.63) is 18.5 Å². The average molecular weight is 211 g/mol. The molecule has 0 spiro atoms. The van der Waals surface area contributed by atoms with Gasteiger partial charge in [-0.2, -0.15) is 0 Å². The Morgan fingerprint density at radius 2 is 2.20 bits per heavy atom. The van der Waals surface area contributed by atoms with Gasteiger partial charge >= 0.3 is 6.09 Å². The summed E-state index contributed by atoms with van der Waals surface area (Å²) in [7, 11) is 0. The first-order valence-electron chi connectivity index (χ1n) is 4.90. The van der Waals surface area contributed by atoms with Crippen molar-refractivity contribution < 1.29 is 14.7 Å². The van der Waals surface area contributed by atoms with Crippen molar-refractivity contribution in [2.75, 3.05) is 13.1 Å². The second-order valence-electron chi connectivity index (χ2n) is 3.48. The van der Waals surface area contributed by atoms with Crippen molar-refractivity contribution in [3.63, 3.8) is 0 Å². The van der Waals surface area contributed by atoms with Crippen molar-refractivity contribution in [2.24, 2.45) is 0 Å². The highest BCUT2D eigenvalue weighted by molar-refractivity contribution is 5.64. The number of hydrogen-bond acceptors (Lipinski definition) is 3. The van der Waals surface area contributed by atoms with Gasteiger partial charge in [-0.05, 0) is 6.07 Å². The lowest BCUT2D eigenvalue weighted by Gasteiger charge is -2.29. The van der Waals surface area contributed by atoms with Crippen LogP contribution in [0.2, 0.25) is 0 Å². The standard InChI is InChI=1S/C9H13N3O3/c13-9(14)11-6-2-8(3-7-11)15-12-5-1-4-10-12/h1,4-5,8H,2-3,6-7H2,(H,13,14). The molecule has 6 heteroatoms. The first kappa shape index (κ1) is 9.82. The summed E-state index contributed by atoms with van der Waals surface area (Å²) < 4.78 is 0. The monoisotopic (exact) mass is 211 g/mol. The van der Waals surface area contributed by atoms with Crippen LogP contribution in [-0.2, 0) is 0 Å². The summed E-state index contributed by atoms with van der Waals surface area (Å²) in [6.45, 7) is 1.06. The third-order valence-corrected chi connectivity index (χ3v) is 2.45. The van der Waals surface area contributed by atoms with Crippen LogP contribution in [0.5, 0.6) is 0 Å². The van der Waals surface area contributed by atoms with Gasteiger partial charge in [0.25, 0.3) is 0 Å². The zero-order valence-corrected chi connectivity index (χ0v) is 8.24. The third kappa shape index (κ3) is 2.39. The van der Waals surface area contributed by atoms with Gasteiger partial charge in [0.2, 0.25) is 0 Å². The average Bonchev–Trinajstić information content (AvgIpc) is 2.71. The molecular weight excluding hydrogens is 198 g/mol. The fourth-order valence-electron chi connectivity index (χ4n) is 1.62. The van der Waals surface area contributed by atoms with E-state index in [1.54, 1.807) is 18.5 Å². The Morgan fingerprint density at radius 3 is 2.73 bits per heavy atom. The van der Waals surface area contributed by atoms with Crippen LogP contribution in [0, 0.1) is 0 Å². The fraction of sp³-hybridized carbons (Fsp3) is 0.556. The fourth-order valence-corrected chi connectivity index (χ4v) is 1.62. The lowest BCUT2D eigenvalue weighted by Crippen LogP contribution is -2.42. The maximum absolute atomic E-state index is 10.6. The Hall–Kier alpha value is -1.72. The quantitative estimate of drug-likeness (QED) is 0.771. The zero-order chi connectivity index (χ0) is 10.7. The van der Waals surface area contributed by atoms with Crippen LogP contribution in [0.15, 0.2) is 18.5 Å². The summed E-state index contributed by atoms with van der Waals surface area (Å²) in [4.78, 5) is 19.0. The molecule has 1 aliphatic heterocycles. The van der Waals surface area contributed by atoms with Crippen LogP contribution in [0.25, 0.3) is 0 Å². The molecule has 0 aliphatic carbocycles. The Labute approximate surface area is 87.0 Å². The van der Waals surface area contributed by atoms with Gasteiger partial charge in [0.1, 0.15) is 6.10 Å². The number of aromatic nitrogens is 2. The number of likely N-dealkylation sites (tertiary alicyclic amines) is 1. The van der Waals surface area contributed by atoms with Crippen LogP contribution >= 0.6 is 0 Å². The highest BCUT2D eigenvalue weighted by atomic mass is 16.7. The number of piperidine rings is 1. The van der Waals surface area contributed by atoms with Crippen molar-refractivity contribution in [1.29, 1.82) is 0 Å². The summed E-state index contributed by atoms with van der Waals surface area (Å²) >= 11 is 0. The maximum Gasteiger partial charge on any atom is 0.407 e. The summed E-state index contributed by atoms with van der Waals surface area (Å²) in [5.41, 5.74) is 0. The number of amides is 1. The minimum atomic E-state index is -0.854. The van der Waals surface area contributed by atoms with E-state index in [1.807, 2.05) is 0 Å². The van der Waals surface area contributed by atoms with Gasteiger partial charge in [-0.25, -0.2) is 4.79 Å². The molecule has 82 valence electrons. The smallest absolute Gasteiger partial charge is 0.407 e. The molecule has 0 atom stereocenters. The zero-order valence-electron chi connectivity index (χ0n) is 8.24. The Balaban J connectivity index is 1.81. The molecule has 1 saturated heterocycles. The van der Waals surface area contributed by atoms with E-state index in [0.29, 0.717) is 25.9 Å². The first-order valence-corrected chi connectivity index (χ1v) is 4.90. The summed E-state index contributed by atoms with van der Waals surface area (Å²) in [6.07, 6.45) is 4.00. The van der Waals surface area contributed by atoms with Crippen molar-refractivity contribution >= 4 is 6.09 Å². The van der Waals surface area contributed by atoms with E-state index < -0.39 is 6.09 Å². The number of carbonyl (C=O) groups is 1. The normalized spacial score (nSPS) is 17.7. The van der Waals surface area contributed by atoms with Crippen molar-refractivity contribution in [3.8, 4) is 0 Å². The Kier molecular flexibility index (Phi) is 2.75. The highest BCUT2D eigenvalue weighted by Crippen LogP contribution is 2.11. The summed E-state index contributed by atoms with van der Waals surface area (Å²) in [5.74, 6) is 0. The van der Waals surface area contributed by atoms with Gasteiger partial charge < -0.3 is 14.8 Å². The largest absolute Gasteiger partial charge is 0.465 e. The van der Waals surface area contributed by atoms with Crippen LogP contribution in [0.1, 0.15) is 12.8 Å². The van der Waals surface area contributed by atoms with E-state index >= 15 is 0 Å². The van der Waals surface area contributed by atoms with Gasteiger partial charge in [-0.1, -0.05) is 0 Å². The second kappa shape index (κ2) is 4.20. The molecule has 2 rings (SSSR count).